The van der Waals surface area contributed by atoms with Gasteiger partial charge in [-0.2, -0.15) is 0 Å². The summed E-state index contributed by atoms with van der Waals surface area (Å²) in [5.41, 5.74) is 0.102. The second-order valence-corrected chi connectivity index (χ2v) is 5.58. The molecule has 0 saturated carbocycles. The van der Waals surface area contributed by atoms with Gasteiger partial charge in [0.2, 0.25) is 0 Å². The van der Waals surface area contributed by atoms with Gasteiger partial charge in [0.25, 0.3) is 10.5 Å². The van der Waals surface area contributed by atoms with Gasteiger partial charge in [-0.3, -0.25) is 9.59 Å². The van der Waals surface area contributed by atoms with Crippen molar-refractivity contribution in [2.24, 2.45) is 0 Å². The highest BCUT2D eigenvalue weighted by atomic mass is 79.9. The summed E-state index contributed by atoms with van der Waals surface area (Å²) in [5.74, 6) is 0. The zero-order valence-electron chi connectivity index (χ0n) is 6.78. The van der Waals surface area contributed by atoms with E-state index in [0.29, 0.717) is 13.4 Å². The Bertz CT molecular complexity index is 460. The predicted molar refractivity (Wildman–Crippen MR) is 69.9 cm³/mol. The molecule has 15 heavy (non-hydrogen) atoms. The number of hydrogen-bond donors (Lipinski definition) is 0. The number of rotatable bonds is 2. The van der Waals surface area contributed by atoms with Crippen molar-refractivity contribution < 1.29 is 9.59 Å². The molecule has 0 amide bonds. The molecule has 1 aromatic carbocycles. The summed E-state index contributed by atoms with van der Waals surface area (Å²) < 4.78 is 1.58. The third kappa shape index (κ3) is 2.82. The van der Waals surface area contributed by atoms with Gasteiger partial charge >= 0.3 is 0 Å². The highest BCUT2D eigenvalue weighted by Crippen LogP contribution is 2.37. The molecule has 0 aliphatic carbocycles. The third-order valence-electron chi connectivity index (χ3n) is 1.57. The Labute approximate surface area is 121 Å². The fourth-order valence-corrected chi connectivity index (χ4v) is 3.01. The van der Waals surface area contributed by atoms with E-state index < -0.39 is 10.5 Å². The van der Waals surface area contributed by atoms with E-state index in [-0.39, 0.29) is 11.1 Å². The summed E-state index contributed by atoms with van der Waals surface area (Å²) in [7, 11) is 0. The van der Waals surface area contributed by atoms with Crippen LogP contribution in [0.15, 0.2) is 19.5 Å². The summed E-state index contributed by atoms with van der Waals surface area (Å²) in [6, 6.07) is 1.43. The molecular weight excluding hydrogens is 439 g/mol. The topological polar surface area (TPSA) is 34.1 Å². The van der Waals surface area contributed by atoms with E-state index in [1.165, 1.54) is 6.07 Å². The second-order valence-electron chi connectivity index (χ2n) is 2.46. The summed E-state index contributed by atoms with van der Waals surface area (Å²) >= 11 is 20.3. The Kier molecular flexibility index (Phi) is 4.80. The van der Waals surface area contributed by atoms with Crippen LogP contribution < -0.4 is 0 Å². The van der Waals surface area contributed by atoms with Gasteiger partial charge in [-0.1, -0.05) is 0 Å². The molecule has 80 valence electrons. The van der Waals surface area contributed by atoms with E-state index in [0.717, 1.165) is 0 Å². The van der Waals surface area contributed by atoms with Crippen molar-refractivity contribution in [3.8, 4) is 0 Å². The van der Waals surface area contributed by atoms with Gasteiger partial charge in [-0.05, 0) is 77.1 Å². The van der Waals surface area contributed by atoms with Crippen LogP contribution in [0.5, 0.6) is 0 Å². The van der Waals surface area contributed by atoms with Crippen LogP contribution in [0.2, 0.25) is 0 Å². The molecule has 0 aliphatic rings. The minimum Gasteiger partial charge on any atom is -0.276 e. The van der Waals surface area contributed by atoms with Crippen LogP contribution >= 0.6 is 71.0 Å². The van der Waals surface area contributed by atoms with Gasteiger partial charge in [-0.15, -0.1) is 0 Å². The van der Waals surface area contributed by atoms with Gasteiger partial charge < -0.3 is 0 Å². The fourth-order valence-electron chi connectivity index (χ4n) is 0.942. The second kappa shape index (κ2) is 5.27. The monoisotopic (exact) mass is 436 g/mol. The lowest BCUT2D eigenvalue weighted by Gasteiger charge is -2.08. The predicted octanol–water partition coefficient (Wildman–Crippen LogP) is 4.73. The lowest BCUT2D eigenvalue weighted by Crippen LogP contribution is -2.03. The molecule has 0 atom stereocenters. The summed E-state index contributed by atoms with van der Waals surface area (Å²) in [5, 5.41) is -1.49. The van der Waals surface area contributed by atoms with Crippen LogP contribution in [0.25, 0.3) is 0 Å². The Morgan fingerprint density at radius 1 is 1.00 bits per heavy atom. The summed E-state index contributed by atoms with van der Waals surface area (Å²) in [6.45, 7) is 0. The van der Waals surface area contributed by atoms with Gasteiger partial charge in [0.05, 0.1) is 5.56 Å². The minimum atomic E-state index is -0.751. The maximum absolute atomic E-state index is 11.1. The molecule has 0 fully saturated rings. The van der Waals surface area contributed by atoms with Crippen LogP contribution in [0.4, 0.5) is 0 Å². The van der Waals surface area contributed by atoms with Gasteiger partial charge in [0.1, 0.15) is 0 Å². The zero-order chi connectivity index (χ0) is 11.7. The van der Waals surface area contributed by atoms with E-state index in [4.69, 9.17) is 23.2 Å². The molecule has 0 N–H and O–H groups in total. The highest BCUT2D eigenvalue weighted by Gasteiger charge is 2.21. The highest BCUT2D eigenvalue weighted by molar-refractivity contribution is 9.14. The fraction of sp³-hybridized carbons (Fsp3) is 0. The van der Waals surface area contributed by atoms with Crippen LogP contribution in [0.1, 0.15) is 20.7 Å². The normalized spacial score (nSPS) is 10.2. The standard InChI is InChI=1S/C8HBr3Cl2O2/c9-3-1-2(7(12)14)4(8(13)15)6(11)5(3)10/h1H. The first-order chi connectivity index (χ1) is 6.86. The first-order valence-corrected chi connectivity index (χ1v) is 6.57. The lowest BCUT2D eigenvalue weighted by molar-refractivity contribution is 0.105. The van der Waals surface area contributed by atoms with E-state index in [9.17, 15) is 9.59 Å². The van der Waals surface area contributed by atoms with Crippen LogP contribution in [-0.2, 0) is 0 Å². The van der Waals surface area contributed by atoms with E-state index in [2.05, 4.69) is 47.8 Å². The number of carbonyl (C=O) groups is 2. The van der Waals surface area contributed by atoms with Crippen molar-refractivity contribution in [1.29, 1.82) is 0 Å². The first-order valence-electron chi connectivity index (χ1n) is 3.43. The lowest BCUT2D eigenvalue weighted by atomic mass is 10.1. The molecule has 0 aliphatic heterocycles. The molecule has 2 nitrogen and oxygen atoms in total. The maximum atomic E-state index is 11.1. The van der Waals surface area contributed by atoms with E-state index >= 15 is 0 Å². The smallest absolute Gasteiger partial charge is 0.254 e. The Morgan fingerprint density at radius 2 is 1.53 bits per heavy atom. The Balaban J connectivity index is 3.65. The minimum absolute atomic E-state index is 0.0479. The van der Waals surface area contributed by atoms with Crippen LogP contribution in [-0.4, -0.2) is 10.5 Å². The summed E-state index contributed by atoms with van der Waals surface area (Å²) in [6.07, 6.45) is 0. The quantitative estimate of drug-likeness (QED) is 0.493. The Morgan fingerprint density at radius 3 is 1.93 bits per heavy atom. The van der Waals surface area contributed by atoms with Crippen LogP contribution in [0, 0.1) is 0 Å². The van der Waals surface area contributed by atoms with Crippen molar-refractivity contribution in [1.82, 2.24) is 0 Å². The largest absolute Gasteiger partial charge is 0.276 e. The van der Waals surface area contributed by atoms with Crippen molar-refractivity contribution in [3.63, 3.8) is 0 Å². The van der Waals surface area contributed by atoms with Crippen molar-refractivity contribution in [3.05, 3.63) is 30.6 Å². The molecule has 0 heterocycles. The molecule has 0 aromatic heterocycles. The Hall–Kier alpha value is 0.580. The number of benzene rings is 1. The van der Waals surface area contributed by atoms with Gasteiger partial charge in [0.15, 0.2) is 0 Å². The average Bonchev–Trinajstić information content (AvgIpc) is 2.12. The molecular formula is C8HBr3Cl2O2. The zero-order valence-corrected chi connectivity index (χ0v) is 13.1. The van der Waals surface area contributed by atoms with E-state index in [1.807, 2.05) is 0 Å². The molecule has 0 spiro atoms. The molecule has 0 unspecified atom stereocenters. The van der Waals surface area contributed by atoms with Crippen molar-refractivity contribution >= 4 is 81.5 Å². The average molecular weight is 440 g/mol. The summed E-state index contributed by atoms with van der Waals surface area (Å²) in [4.78, 5) is 22.2. The number of halogens is 5. The number of carbonyl (C=O) groups excluding carboxylic acids is 2. The van der Waals surface area contributed by atoms with E-state index in [1.54, 1.807) is 0 Å². The van der Waals surface area contributed by atoms with Crippen molar-refractivity contribution in [2.45, 2.75) is 0 Å². The SMILES string of the molecule is O=C(Cl)c1cc(Br)c(Br)c(Br)c1C(=O)Cl. The van der Waals surface area contributed by atoms with Gasteiger partial charge in [0, 0.05) is 19.0 Å². The van der Waals surface area contributed by atoms with Crippen molar-refractivity contribution in [2.75, 3.05) is 0 Å². The van der Waals surface area contributed by atoms with Crippen LogP contribution in [0.3, 0.4) is 0 Å². The molecule has 7 heteroatoms. The molecule has 1 rings (SSSR count). The molecule has 0 bridgehead atoms. The van der Waals surface area contributed by atoms with Gasteiger partial charge in [-0.25, -0.2) is 0 Å². The maximum Gasteiger partial charge on any atom is 0.254 e. The molecule has 0 radical (unpaired) electrons. The molecule has 1 aromatic rings. The third-order valence-corrected chi connectivity index (χ3v) is 5.27. The molecule has 0 saturated heterocycles. The first kappa shape index (κ1) is 13.6. The number of hydrogen-bond acceptors (Lipinski definition) is 2.